The third kappa shape index (κ3) is 3.81. The van der Waals surface area contributed by atoms with Crippen LogP contribution in [0.15, 0.2) is 40.2 Å². The number of esters is 1. The van der Waals surface area contributed by atoms with Crippen molar-refractivity contribution in [3.8, 4) is 0 Å². The van der Waals surface area contributed by atoms with Crippen LogP contribution >= 0.6 is 27.3 Å². The first-order valence-electron chi connectivity index (χ1n) is 5.93. The molecule has 100 valence electrons. The number of ether oxygens (including phenoxy) is 1. The predicted octanol–water partition coefficient (Wildman–Crippen LogP) is 4.30. The molecule has 0 saturated heterocycles. The van der Waals surface area contributed by atoms with Crippen LogP contribution in [0.25, 0.3) is 0 Å². The highest BCUT2D eigenvalue weighted by Crippen LogP contribution is 2.23. The summed E-state index contributed by atoms with van der Waals surface area (Å²) in [7, 11) is 0. The van der Waals surface area contributed by atoms with Gasteiger partial charge in [0.1, 0.15) is 0 Å². The van der Waals surface area contributed by atoms with Crippen LogP contribution in [0.5, 0.6) is 0 Å². The molecule has 1 aromatic heterocycles. The lowest BCUT2D eigenvalue weighted by Crippen LogP contribution is -2.04. The van der Waals surface area contributed by atoms with Gasteiger partial charge in [0.25, 0.3) is 0 Å². The van der Waals surface area contributed by atoms with E-state index in [-0.39, 0.29) is 5.97 Å². The Labute approximate surface area is 124 Å². The van der Waals surface area contributed by atoms with Crippen LogP contribution in [-0.4, -0.2) is 12.6 Å². The molecule has 0 amide bonds. The van der Waals surface area contributed by atoms with Gasteiger partial charge in [0, 0.05) is 15.0 Å². The van der Waals surface area contributed by atoms with Gasteiger partial charge in [-0.25, -0.2) is 4.79 Å². The lowest BCUT2D eigenvalue weighted by Gasteiger charge is -2.06. The normalized spacial score (nSPS) is 10.2. The molecule has 5 heteroatoms. The average Bonchev–Trinajstić information content (AvgIpc) is 2.83. The minimum Gasteiger partial charge on any atom is -0.462 e. The summed E-state index contributed by atoms with van der Waals surface area (Å²) < 4.78 is 6.06. The lowest BCUT2D eigenvalue weighted by atomic mass is 10.2. The average molecular weight is 340 g/mol. The molecule has 0 aliphatic heterocycles. The van der Waals surface area contributed by atoms with E-state index in [4.69, 9.17) is 4.74 Å². The number of nitrogens with one attached hydrogen (secondary N) is 1. The van der Waals surface area contributed by atoms with Gasteiger partial charge < -0.3 is 10.1 Å². The van der Waals surface area contributed by atoms with Crippen molar-refractivity contribution < 1.29 is 9.53 Å². The zero-order chi connectivity index (χ0) is 13.7. The number of carbonyl (C=O) groups is 1. The molecule has 1 heterocycles. The van der Waals surface area contributed by atoms with Crippen LogP contribution in [0.3, 0.4) is 0 Å². The minimum absolute atomic E-state index is 0.282. The van der Waals surface area contributed by atoms with Crippen LogP contribution in [0.2, 0.25) is 0 Å². The highest BCUT2D eigenvalue weighted by atomic mass is 79.9. The first-order chi connectivity index (χ1) is 9.20. The maximum Gasteiger partial charge on any atom is 0.338 e. The van der Waals surface area contributed by atoms with Gasteiger partial charge in [-0.05, 0) is 58.6 Å². The van der Waals surface area contributed by atoms with Crippen molar-refractivity contribution in [1.82, 2.24) is 0 Å². The smallest absolute Gasteiger partial charge is 0.338 e. The van der Waals surface area contributed by atoms with Crippen molar-refractivity contribution in [2.24, 2.45) is 0 Å². The second-order valence-electron chi connectivity index (χ2n) is 3.84. The molecule has 0 aliphatic rings. The quantitative estimate of drug-likeness (QED) is 0.825. The molecular weight excluding hydrogens is 326 g/mol. The molecule has 1 aromatic carbocycles. The van der Waals surface area contributed by atoms with Gasteiger partial charge >= 0.3 is 5.97 Å². The Bertz CT molecular complexity index is 551. The molecule has 0 spiro atoms. The molecule has 3 nitrogen and oxygen atoms in total. The van der Waals surface area contributed by atoms with Crippen LogP contribution in [-0.2, 0) is 11.3 Å². The topological polar surface area (TPSA) is 38.3 Å². The molecule has 0 unspecified atom stereocenters. The molecule has 1 N–H and O–H groups in total. The van der Waals surface area contributed by atoms with Crippen molar-refractivity contribution >= 4 is 38.9 Å². The predicted molar refractivity (Wildman–Crippen MR) is 81.7 cm³/mol. The number of benzene rings is 1. The second kappa shape index (κ2) is 6.73. The van der Waals surface area contributed by atoms with Crippen molar-refractivity contribution in [3.05, 3.63) is 50.6 Å². The molecule has 0 aliphatic carbocycles. The summed E-state index contributed by atoms with van der Waals surface area (Å²) in [4.78, 5) is 12.7. The zero-order valence-corrected chi connectivity index (χ0v) is 12.9. The van der Waals surface area contributed by atoms with Crippen LogP contribution in [0.4, 0.5) is 5.69 Å². The summed E-state index contributed by atoms with van der Waals surface area (Å²) >= 11 is 5.20. The van der Waals surface area contributed by atoms with E-state index in [1.54, 1.807) is 30.4 Å². The monoisotopic (exact) mass is 339 g/mol. The number of halogens is 1. The number of hydrogen-bond donors (Lipinski definition) is 1. The van der Waals surface area contributed by atoms with Crippen LogP contribution < -0.4 is 5.32 Å². The number of hydrogen-bond acceptors (Lipinski definition) is 4. The first-order valence-corrected chi connectivity index (χ1v) is 7.61. The van der Waals surface area contributed by atoms with E-state index in [2.05, 4.69) is 21.2 Å². The SMILES string of the molecule is CCOC(=O)c1ccc(NCc2sccc2Br)cc1. The van der Waals surface area contributed by atoms with E-state index in [1.807, 2.05) is 23.6 Å². The molecule has 2 aromatic rings. The van der Waals surface area contributed by atoms with E-state index in [9.17, 15) is 4.79 Å². The van der Waals surface area contributed by atoms with Crippen molar-refractivity contribution in [2.75, 3.05) is 11.9 Å². The first kappa shape index (κ1) is 14.1. The third-order valence-corrected chi connectivity index (χ3v) is 4.47. The summed E-state index contributed by atoms with van der Waals surface area (Å²) in [6.07, 6.45) is 0. The van der Waals surface area contributed by atoms with Gasteiger partial charge in [0.2, 0.25) is 0 Å². The molecular formula is C14H14BrNO2S. The lowest BCUT2D eigenvalue weighted by molar-refractivity contribution is 0.0526. The van der Waals surface area contributed by atoms with Gasteiger partial charge in [-0.2, -0.15) is 0 Å². The molecule has 0 atom stereocenters. The van der Waals surface area contributed by atoms with Crippen molar-refractivity contribution in [3.63, 3.8) is 0 Å². The molecule has 19 heavy (non-hydrogen) atoms. The fraction of sp³-hybridized carbons (Fsp3) is 0.214. The Morgan fingerprint density at radius 2 is 2.05 bits per heavy atom. The summed E-state index contributed by atoms with van der Waals surface area (Å²) in [5.74, 6) is -0.282. The minimum atomic E-state index is -0.282. The molecule has 0 saturated carbocycles. The zero-order valence-electron chi connectivity index (χ0n) is 10.5. The Morgan fingerprint density at radius 1 is 1.32 bits per heavy atom. The second-order valence-corrected chi connectivity index (χ2v) is 5.70. The Hall–Kier alpha value is -1.33. The largest absolute Gasteiger partial charge is 0.462 e. The van der Waals surface area contributed by atoms with Crippen LogP contribution in [0, 0.1) is 0 Å². The van der Waals surface area contributed by atoms with E-state index >= 15 is 0 Å². The molecule has 0 radical (unpaired) electrons. The number of thiophene rings is 1. The maximum atomic E-state index is 11.5. The number of carbonyl (C=O) groups excluding carboxylic acids is 1. The van der Waals surface area contributed by atoms with Crippen molar-refractivity contribution in [1.29, 1.82) is 0 Å². The third-order valence-electron chi connectivity index (χ3n) is 2.54. The number of rotatable bonds is 5. The van der Waals surface area contributed by atoms with E-state index in [1.165, 1.54) is 4.88 Å². The Kier molecular flexibility index (Phi) is 4.99. The molecule has 0 fully saturated rings. The van der Waals surface area contributed by atoms with Crippen molar-refractivity contribution in [2.45, 2.75) is 13.5 Å². The van der Waals surface area contributed by atoms with Gasteiger partial charge in [0.05, 0.1) is 18.7 Å². The van der Waals surface area contributed by atoms with Gasteiger partial charge in [-0.3, -0.25) is 0 Å². The standard InChI is InChI=1S/C14H14BrNO2S/c1-2-18-14(17)10-3-5-11(6-4-10)16-9-13-12(15)7-8-19-13/h3-8,16H,2,9H2,1H3. The summed E-state index contributed by atoms with van der Waals surface area (Å²) in [5.41, 5.74) is 1.55. The van der Waals surface area contributed by atoms with Gasteiger partial charge in [-0.15, -0.1) is 11.3 Å². The summed E-state index contributed by atoms with van der Waals surface area (Å²) in [5, 5.41) is 5.36. The number of anilines is 1. The summed E-state index contributed by atoms with van der Waals surface area (Å²) in [6.45, 7) is 2.95. The Balaban J connectivity index is 1.95. The van der Waals surface area contributed by atoms with E-state index in [0.717, 1.165) is 16.7 Å². The van der Waals surface area contributed by atoms with E-state index in [0.29, 0.717) is 12.2 Å². The molecule has 2 rings (SSSR count). The highest BCUT2D eigenvalue weighted by Gasteiger charge is 2.06. The van der Waals surface area contributed by atoms with Gasteiger partial charge in [-0.1, -0.05) is 0 Å². The van der Waals surface area contributed by atoms with Gasteiger partial charge in [0.15, 0.2) is 0 Å². The highest BCUT2D eigenvalue weighted by molar-refractivity contribution is 9.10. The fourth-order valence-electron chi connectivity index (χ4n) is 1.57. The van der Waals surface area contributed by atoms with E-state index < -0.39 is 0 Å². The van der Waals surface area contributed by atoms with Crippen LogP contribution in [0.1, 0.15) is 22.2 Å². The molecule has 0 bridgehead atoms. The fourth-order valence-corrected chi connectivity index (χ4v) is 3.00. The summed E-state index contributed by atoms with van der Waals surface area (Å²) in [6, 6.07) is 9.33. The maximum absolute atomic E-state index is 11.5. The Morgan fingerprint density at radius 3 is 2.63 bits per heavy atom.